The maximum atomic E-state index is 13.2. The summed E-state index contributed by atoms with van der Waals surface area (Å²) < 4.78 is 23.8. The minimum atomic E-state index is -0.137. The van der Waals surface area contributed by atoms with Crippen molar-refractivity contribution >= 4 is 21.7 Å². The molecule has 0 bridgehead atoms. The Morgan fingerprint density at radius 3 is 2.77 bits per heavy atom. The van der Waals surface area contributed by atoms with Crippen LogP contribution in [0.4, 0.5) is 0 Å². The first-order valence-electron chi connectivity index (χ1n) is 10.1. The van der Waals surface area contributed by atoms with Crippen molar-refractivity contribution in [2.24, 2.45) is 0 Å². The number of hydrogen-bond acceptors (Lipinski definition) is 6. The molecule has 2 aromatic carbocycles. The molecule has 0 unspecified atom stereocenters. The summed E-state index contributed by atoms with van der Waals surface area (Å²) in [5.41, 5.74) is 3.05. The van der Waals surface area contributed by atoms with Crippen LogP contribution < -0.4 is 14.2 Å². The third-order valence-corrected chi connectivity index (χ3v) is 6.46. The molecule has 2 aliphatic rings. The first-order valence-corrected chi connectivity index (χ1v) is 10.9. The van der Waals surface area contributed by atoms with Crippen molar-refractivity contribution in [1.82, 2.24) is 4.90 Å². The van der Waals surface area contributed by atoms with Crippen LogP contribution in [-0.2, 0) is 6.42 Å². The van der Waals surface area contributed by atoms with E-state index >= 15 is 0 Å². The molecular formula is C24H22BrNO5. The van der Waals surface area contributed by atoms with Gasteiger partial charge < -0.3 is 18.6 Å². The van der Waals surface area contributed by atoms with Crippen molar-refractivity contribution in [3.05, 3.63) is 63.8 Å². The predicted molar refractivity (Wildman–Crippen MR) is 119 cm³/mol. The summed E-state index contributed by atoms with van der Waals surface area (Å²) in [4.78, 5) is 15.4. The fourth-order valence-electron chi connectivity index (χ4n) is 4.32. The van der Waals surface area contributed by atoms with Gasteiger partial charge in [-0.15, -0.1) is 0 Å². The molecule has 7 heteroatoms. The van der Waals surface area contributed by atoms with E-state index in [4.69, 9.17) is 18.6 Å². The number of fused-ring (bicyclic) bond motifs is 2. The van der Waals surface area contributed by atoms with Gasteiger partial charge in [-0.3, -0.25) is 9.69 Å². The Morgan fingerprint density at radius 2 is 2.00 bits per heavy atom. The molecule has 2 aliphatic heterocycles. The third kappa shape index (κ3) is 3.62. The number of nitrogens with zero attached hydrogens (tertiary/aromatic N) is 1. The highest BCUT2D eigenvalue weighted by atomic mass is 79.9. The van der Waals surface area contributed by atoms with Crippen LogP contribution in [-0.4, -0.2) is 38.2 Å². The lowest BCUT2D eigenvalue weighted by molar-refractivity contribution is 0.0899. The van der Waals surface area contributed by atoms with Gasteiger partial charge in [-0.2, -0.15) is 0 Å². The molecule has 0 fully saturated rings. The van der Waals surface area contributed by atoms with Crippen molar-refractivity contribution in [3.63, 3.8) is 0 Å². The van der Waals surface area contributed by atoms with E-state index in [1.807, 2.05) is 43.4 Å². The van der Waals surface area contributed by atoms with Gasteiger partial charge in [-0.1, -0.05) is 28.1 Å². The second-order valence-corrected chi connectivity index (χ2v) is 8.68. The maximum absolute atomic E-state index is 13.2. The molecule has 3 aromatic rings. The van der Waals surface area contributed by atoms with Crippen LogP contribution in [0.5, 0.6) is 17.2 Å². The number of hydrogen-bond donors (Lipinski definition) is 0. The van der Waals surface area contributed by atoms with Crippen LogP contribution in [0, 0.1) is 0 Å². The number of Topliss-reactive ketones (excluding diaryl/α,β-unsaturated/α-hetero) is 1. The maximum Gasteiger partial charge on any atom is 0.231 e. The standard InChI is InChI=1S/C24H22BrNO5/c1-26-10-9-15-11-21-23(30-13-29-21)24(28-2)22(15)17(26)12-18(27)20-8-7-19(31-20)14-3-5-16(25)6-4-14/h3-8,11,17H,9-10,12-13H2,1-2H3/t17-/m1/s1. The number of ketones is 1. The van der Waals surface area contributed by atoms with Gasteiger partial charge >= 0.3 is 0 Å². The molecule has 0 amide bonds. The van der Waals surface area contributed by atoms with Crippen LogP contribution in [0.1, 0.15) is 34.1 Å². The van der Waals surface area contributed by atoms with Gasteiger partial charge in [0.2, 0.25) is 12.5 Å². The minimum Gasteiger partial charge on any atom is -0.492 e. The van der Waals surface area contributed by atoms with E-state index in [1.54, 1.807) is 13.2 Å². The summed E-state index contributed by atoms with van der Waals surface area (Å²) in [6.07, 6.45) is 1.14. The van der Waals surface area contributed by atoms with Crippen LogP contribution in [0.25, 0.3) is 11.3 Å². The highest BCUT2D eigenvalue weighted by Crippen LogP contribution is 2.50. The number of methoxy groups -OCH3 is 1. The topological polar surface area (TPSA) is 61.1 Å². The lowest BCUT2D eigenvalue weighted by Gasteiger charge is -2.35. The molecular weight excluding hydrogens is 462 g/mol. The molecule has 3 heterocycles. The summed E-state index contributed by atoms with van der Waals surface area (Å²) in [6, 6.07) is 13.3. The predicted octanol–water partition coefficient (Wildman–Crippen LogP) is 5.25. The lowest BCUT2D eigenvalue weighted by atomic mass is 9.88. The van der Waals surface area contributed by atoms with Gasteiger partial charge in [-0.05, 0) is 49.4 Å². The zero-order valence-corrected chi connectivity index (χ0v) is 18.9. The summed E-state index contributed by atoms with van der Waals surface area (Å²) in [6.45, 7) is 1.02. The Bertz CT molecular complexity index is 1140. The zero-order valence-electron chi connectivity index (χ0n) is 17.3. The summed E-state index contributed by atoms with van der Waals surface area (Å²) in [5.74, 6) is 2.96. The second-order valence-electron chi connectivity index (χ2n) is 7.76. The zero-order chi connectivity index (χ0) is 21.5. The quantitative estimate of drug-likeness (QED) is 0.462. The van der Waals surface area contributed by atoms with Gasteiger partial charge in [0.25, 0.3) is 0 Å². The second kappa shape index (κ2) is 8.05. The third-order valence-electron chi connectivity index (χ3n) is 5.94. The normalized spacial score (nSPS) is 17.5. The van der Waals surface area contributed by atoms with Crippen molar-refractivity contribution in [3.8, 4) is 28.6 Å². The van der Waals surface area contributed by atoms with Gasteiger partial charge in [0.15, 0.2) is 23.0 Å². The van der Waals surface area contributed by atoms with Gasteiger partial charge in [-0.25, -0.2) is 0 Å². The van der Waals surface area contributed by atoms with Gasteiger partial charge in [0.05, 0.1) is 7.11 Å². The summed E-state index contributed by atoms with van der Waals surface area (Å²) in [7, 11) is 3.66. The van der Waals surface area contributed by atoms with E-state index in [0.717, 1.165) is 34.1 Å². The highest BCUT2D eigenvalue weighted by molar-refractivity contribution is 9.10. The Kier molecular flexibility index (Phi) is 5.24. The molecule has 0 radical (unpaired) electrons. The lowest BCUT2D eigenvalue weighted by Crippen LogP contribution is -2.34. The Hall–Kier alpha value is -2.77. The van der Waals surface area contributed by atoms with E-state index in [1.165, 1.54) is 0 Å². The monoisotopic (exact) mass is 483 g/mol. The van der Waals surface area contributed by atoms with Crippen molar-refractivity contribution < 1.29 is 23.4 Å². The Morgan fingerprint density at radius 1 is 1.19 bits per heavy atom. The van der Waals surface area contributed by atoms with Crippen molar-refractivity contribution in [2.45, 2.75) is 18.9 Å². The van der Waals surface area contributed by atoms with Crippen LogP contribution >= 0.6 is 15.9 Å². The van der Waals surface area contributed by atoms with E-state index < -0.39 is 0 Å². The average molecular weight is 484 g/mol. The van der Waals surface area contributed by atoms with E-state index in [0.29, 0.717) is 28.8 Å². The van der Waals surface area contributed by atoms with Gasteiger partial charge in [0.1, 0.15) is 5.76 Å². The number of carbonyl (C=O) groups is 1. The Balaban J connectivity index is 1.44. The molecule has 0 aliphatic carbocycles. The molecule has 6 nitrogen and oxygen atoms in total. The molecule has 1 atom stereocenters. The SMILES string of the molecule is COc1c2c(cc3c1[C@@H](CC(=O)c1ccc(-c4ccc(Br)cc4)o1)N(C)CC3)OCO2. The largest absolute Gasteiger partial charge is 0.492 e. The molecule has 0 saturated heterocycles. The van der Waals surface area contributed by atoms with E-state index in [2.05, 4.69) is 20.8 Å². The van der Waals surface area contributed by atoms with Crippen LogP contribution in [0.15, 0.2) is 51.4 Å². The van der Waals surface area contributed by atoms with Crippen LogP contribution in [0.2, 0.25) is 0 Å². The molecule has 0 N–H and O–H groups in total. The minimum absolute atomic E-state index is 0.0484. The summed E-state index contributed by atoms with van der Waals surface area (Å²) in [5, 5.41) is 0. The first kappa shape index (κ1) is 20.2. The van der Waals surface area contributed by atoms with Crippen LogP contribution in [0.3, 0.4) is 0 Å². The number of benzene rings is 2. The number of furan rings is 1. The van der Waals surface area contributed by atoms with Crippen molar-refractivity contribution in [1.29, 1.82) is 0 Å². The highest BCUT2D eigenvalue weighted by Gasteiger charge is 2.35. The van der Waals surface area contributed by atoms with E-state index in [-0.39, 0.29) is 25.0 Å². The summed E-state index contributed by atoms with van der Waals surface area (Å²) >= 11 is 3.43. The number of halogens is 1. The van der Waals surface area contributed by atoms with Gasteiger partial charge in [0, 0.05) is 34.6 Å². The fourth-order valence-corrected chi connectivity index (χ4v) is 4.58. The molecule has 0 spiro atoms. The molecule has 31 heavy (non-hydrogen) atoms. The first-order chi connectivity index (χ1) is 15.0. The van der Waals surface area contributed by atoms with E-state index in [9.17, 15) is 4.79 Å². The smallest absolute Gasteiger partial charge is 0.231 e. The molecule has 0 saturated carbocycles. The average Bonchev–Trinajstić information content (AvgIpc) is 3.44. The molecule has 160 valence electrons. The fraction of sp³-hybridized carbons (Fsp3) is 0.292. The molecule has 5 rings (SSSR count). The number of rotatable bonds is 5. The number of likely N-dealkylation sites (N-methyl/N-ethyl adjacent to an activating group) is 1. The van der Waals surface area contributed by atoms with Crippen molar-refractivity contribution in [2.75, 3.05) is 27.5 Å². The number of carbonyl (C=O) groups excluding carboxylic acids is 1. The Labute approximate surface area is 188 Å². The number of ether oxygens (including phenoxy) is 3. The molecule has 1 aromatic heterocycles.